The Morgan fingerprint density at radius 1 is 0.870 bits per heavy atom. The monoisotopic (exact) mass is 322 g/mol. The van der Waals surface area contributed by atoms with E-state index in [1.165, 1.54) is 51.7 Å². The molecule has 134 valence electrons. The predicted octanol–water partition coefficient (Wildman–Crippen LogP) is 4.03. The molecule has 2 rings (SSSR count). The Balaban J connectivity index is 1.64. The number of hydrogen-bond acceptors (Lipinski definition) is 2. The fourth-order valence-corrected chi connectivity index (χ4v) is 4.28. The third-order valence-electron chi connectivity index (χ3n) is 5.58. The van der Waals surface area contributed by atoms with Gasteiger partial charge in [0.05, 0.1) is 0 Å². The molecule has 0 atom stereocenters. The number of piperidine rings is 2. The maximum atomic E-state index is 12.1. The van der Waals surface area contributed by atoms with Crippen LogP contribution in [0, 0.1) is 23.7 Å². The largest absolute Gasteiger partial charge is 0.343 e. The fraction of sp³-hybridized carbons (Fsp3) is 0.950. The molecule has 2 fully saturated rings. The van der Waals surface area contributed by atoms with Crippen molar-refractivity contribution in [2.24, 2.45) is 23.7 Å². The Hall–Kier alpha value is -0.570. The first kappa shape index (κ1) is 18.8. The highest BCUT2D eigenvalue weighted by molar-refractivity contribution is 5.76. The van der Waals surface area contributed by atoms with Gasteiger partial charge in [0.25, 0.3) is 0 Å². The average Bonchev–Trinajstić information content (AvgIpc) is 2.49. The van der Waals surface area contributed by atoms with Crippen molar-refractivity contribution in [2.75, 3.05) is 32.7 Å². The van der Waals surface area contributed by atoms with E-state index in [0.29, 0.717) is 18.2 Å². The van der Waals surface area contributed by atoms with Gasteiger partial charge in [0.2, 0.25) is 5.91 Å². The molecule has 0 aromatic rings. The zero-order valence-corrected chi connectivity index (χ0v) is 15.9. The van der Waals surface area contributed by atoms with Crippen LogP contribution in [-0.4, -0.2) is 48.4 Å². The molecule has 3 heteroatoms. The number of rotatable bonds is 6. The van der Waals surface area contributed by atoms with E-state index < -0.39 is 0 Å². The molecule has 0 saturated carbocycles. The maximum Gasteiger partial charge on any atom is 0.222 e. The first-order valence-electron chi connectivity index (χ1n) is 9.94. The molecule has 0 bridgehead atoms. The number of hydrogen-bond donors (Lipinski definition) is 0. The van der Waals surface area contributed by atoms with Gasteiger partial charge in [-0.05, 0) is 68.9 Å². The lowest BCUT2D eigenvalue weighted by molar-refractivity contribution is -0.133. The zero-order valence-electron chi connectivity index (χ0n) is 15.9. The van der Waals surface area contributed by atoms with Crippen LogP contribution in [0.5, 0.6) is 0 Å². The number of amides is 1. The standard InChI is InChI=1S/C20H38N2O/c1-16(2)13-18-5-9-21(10-6-18)15-19-7-11-22(12-8-19)20(23)14-17(3)4/h16-19H,5-15H2,1-4H3. The van der Waals surface area contributed by atoms with Crippen LogP contribution in [0.4, 0.5) is 0 Å². The Labute approximate surface area is 143 Å². The summed E-state index contributed by atoms with van der Waals surface area (Å²) in [5.41, 5.74) is 0. The van der Waals surface area contributed by atoms with Gasteiger partial charge >= 0.3 is 0 Å². The lowest BCUT2D eigenvalue weighted by atomic mass is 9.87. The van der Waals surface area contributed by atoms with Gasteiger partial charge < -0.3 is 9.80 Å². The van der Waals surface area contributed by atoms with E-state index in [9.17, 15) is 4.79 Å². The topological polar surface area (TPSA) is 23.6 Å². The third kappa shape index (κ3) is 6.45. The summed E-state index contributed by atoms with van der Waals surface area (Å²) in [7, 11) is 0. The van der Waals surface area contributed by atoms with Gasteiger partial charge in [-0.3, -0.25) is 4.79 Å². The van der Waals surface area contributed by atoms with Gasteiger partial charge in [0, 0.05) is 26.1 Å². The molecule has 0 aliphatic carbocycles. The number of likely N-dealkylation sites (tertiary alicyclic amines) is 2. The van der Waals surface area contributed by atoms with Gasteiger partial charge in [0.15, 0.2) is 0 Å². The van der Waals surface area contributed by atoms with Gasteiger partial charge in [-0.25, -0.2) is 0 Å². The van der Waals surface area contributed by atoms with E-state index in [-0.39, 0.29) is 0 Å². The van der Waals surface area contributed by atoms with Crippen molar-refractivity contribution in [1.82, 2.24) is 9.80 Å². The van der Waals surface area contributed by atoms with Crippen LogP contribution >= 0.6 is 0 Å². The minimum atomic E-state index is 0.368. The van der Waals surface area contributed by atoms with Crippen LogP contribution in [0.3, 0.4) is 0 Å². The van der Waals surface area contributed by atoms with Crippen molar-refractivity contribution >= 4 is 5.91 Å². The van der Waals surface area contributed by atoms with Crippen molar-refractivity contribution in [1.29, 1.82) is 0 Å². The molecule has 23 heavy (non-hydrogen) atoms. The molecule has 1 amide bonds. The highest BCUT2D eigenvalue weighted by atomic mass is 16.2. The molecule has 0 unspecified atom stereocenters. The second kappa shape index (κ2) is 9.05. The lowest BCUT2D eigenvalue weighted by Gasteiger charge is -2.38. The zero-order chi connectivity index (χ0) is 16.8. The Kier molecular flexibility index (Phi) is 7.39. The van der Waals surface area contributed by atoms with Gasteiger partial charge in [-0.2, -0.15) is 0 Å². The second-order valence-electron chi connectivity index (χ2n) is 8.80. The van der Waals surface area contributed by atoms with E-state index in [1.54, 1.807) is 0 Å². The molecule has 0 spiro atoms. The van der Waals surface area contributed by atoms with Crippen LogP contribution in [-0.2, 0) is 4.79 Å². The van der Waals surface area contributed by atoms with E-state index in [1.807, 2.05) is 0 Å². The van der Waals surface area contributed by atoms with E-state index in [4.69, 9.17) is 0 Å². The van der Waals surface area contributed by atoms with Crippen molar-refractivity contribution in [3.8, 4) is 0 Å². The van der Waals surface area contributed by atoms with Crippen molar-refractivity contribution in [2.45, 2.75) is 66.2 Å². The summed E-state index contributed by atoms with van der Waals surface area (Å²) in [5, 5.41) is 0. The highest BCUT2D eigenvalue weighted by Crippen LogP contribution is 2.26. The van der Waals surface area contributed by atoms with Gasteiger partial charge in [-0.1, -0.05) is 27.7 Å². The van der Waals surface area contributed by atoms with Gasteiger partial charge in [-0.15, -0.1) is 0 Å². The number of carbonyl (C=O) groups is 1. The second-order valence-corrected chi connectivity index (χ2v) is 8.80. The average molecular weight is 323 g/mol. The molecule has 2 saturated heterocycles. The molecule has 0 aromatic heterocycles. The van der Waals surface area contributed by atoms with Crippen molar-refractivity contribution in [3.63, 3.8) is 0 Å². The number of carbonyl (C=O) groups excluding carboxylic acids is 1. The molecule has 0 radical (unpaired) electrons. The van der Waals surface area contributed by atoms with E-state index in [2.05, 4.69) is 37.5 Å². The highest BCUT2D eigenvalue weighted by Gasteiger charge is 2.26. The third-order valence-corrected chi connectivity index (χ3v) is 5.58. The molecule has 2 aliphatic heterocycles. The van der Waals surface area contributed by atoms with Crippen LogP contribution < -0.4 is 0 Å². The summed E-state index contributed by atoms with van der Waals surface area (Å²) < 4.78 is 0. The Morgan fingerprint density at radius 3 is 1.96 bits per heavy atom. The summed E-state index contributed by atoms with van der Waals surface area (Å²) in [6.07, 6.45) is 7.32. The molecule has 3 nitrogen and oxygen atoms in total. The van der Waals surface area contributed by atoms with Crippen LogP contribution in [0.15, 0.2) is 0 Å². The Morgan fingerprint density at radius 2 is 1.43 bits per heavy atom. The molecule has 2 heterocycles. The smallest absolute Gasteiger partial charge is 0.222 e. The van der Waals surface area contributed by atoms with Crippen molar-refractivity contribution in [3.05, 3.63) is 0 Å². The minimum absolute atomic E-state index is 0.368. The molecule has 0 N–H and O–H groups in total. The molecule has 0 aromatic carbocycles. The van der Waals surface area contributed by atoms with Crippen LogP contribution in [0.2, 0.25) is 0 Å². The summed E-state index contributed by atoms with van der Waals surface area (Å²) >= 11 is 0. The van der Waals surface area contributed by atoms with Crippen molar-refractivity contribution < 1.29 is 4.79 Å². The first-order valence-corrected chi connectivity index (χ1v) is 9.94. The summed E-state index contributed by atoms with van der Waals surface area (Å²) in [5.74, 6) is 3.46. The Bertz CT molecular complexity index is 351. The lowest BCUT2D eigenvalue weighted by Crippen LogP contribution is -2.43. The van der Waals surface area contributed by atoms with Crippen LogP contribution in [0.1, 0.15) is 66.2 Å². The molecule has 2 aliphatic rings. The summed E-state index contributed by atoms with van der Waals surface area (Å²) in [6, 6.07) is 0. The number of nitrogens with zero attached hydrogens (tertiary/aromatic N) is 2. The molecular formula is C20H38N2O. The maximum absolute atomic E-state index is 12.1. The quantitative estimate of drug-likeness (QED) is 0.737. The predicted molar refractivity (Wildman–Crippen MR) is 97.4 cm³/mol. The van der Waals surface area contributed by atoms with E-state index in [0.717, 1.165) is 30.8 Å². The minimum Gasteiger partial charge on any atom is -0.343 e. The SMILES string of the molecule is CC(C)CC(=O)N1CCC(CN2CCC(CC(C)C)CC2)CC1. The normalized spacial score (nSPS) is 22.3. The van der Waals surface area contributed by atoms with Crippen LogP contribution in [0.25, 0.3) is 0 Å². The first-order chi connectivity index (χ1) is 10.9. The van der Waals surface area contributed by atoms with E-state index >= 15 is 0 Å². The molecular weight excluding hydrogens is 284 g/mol. The summed E-state index contributed by atoms with van der Waals surface area (Å²) in [6.45, 7) is 14.8. The fourth-order valence-electron chi connectivity index (χ4n) is 4.28. The van der Waals surface area contributed by atoms with Gasteiger partial charge in [0.1, 0.15) is 0 Å². The summed E-state index contributed by atoms with van der Waals surface area (Å²) in [4.78, 5) is 16.9.